The molecule has 3 aromatic carbocycles. The first-order valence-electron chi connectivity index (χ1n) is 16.4. The van der Waals surface area contributed by atoms with Crippen LogP contribution in [0.5, 0.6) is 0 Å². The standard InChI is InChI=1S/C39H47N5O5/c1-39(2,3)35(38(48)42-32-17-20-41-21-18-32)43-37(47)33(23-34(45)49-25-26-7-5-4-6-8-26)44-22-19-31(24-44)29-11-9-27(10-12-29)28-13-15-30(16-14-28)36(40)46/h4-22,24,33-38,43,45-48H,23,25,40H2,1-3H3,(H,41,42). The van der Waals surface area contributed by atoms with Gasteiger partial charge in [-0.05, 0) is 57.0 Å². The largest absolute Gasteiger partial charge is 0.376 e. The van der Waals surface area contributed by atoms with E-state index in [4.69, 9.17) is 10.5 Å². The molecular formula is C39H47N5O5. The Kier molecular flexibility index (Phi) is 12.0. The summed E-state index contributed by atoms with van der Waals surface area (Å²) in [6, 6.07) is 29.4. The van der Waals surface area contributed by atoms with Crippen LogP contribution in [0.1, 0.15) is 50.6 Å². The summed E-state index contributed by atoms with van der Waals surface area (Å²) in [5.74, 6) is 0. The van der Waals surface area contributed by atoms with Gasteiger partial charge < -0.3 is 40.8 Å². The molecule has 6 atom stereocenters. The Bertz CT molecular complexity index is 1710. The smallest absolute Gasteiger partial charge is 0.157 e. The van der Waals surface area contributed by atoms with Gasteiger partial charge in [0.25, 0.3) is 0 Å². The number of nitrogens with zero attached hydrogens (tertiary/aromatic N) is 2. The normalized spacial score (nSPS) is 15.6. The Morgan fingerprint density at radius 2 is 1.35 bits per heavy atom. The molecule has 0 saturated carbocycles. The Morgan fingerprint density at radius 3 is 1.94 bits per heavy atom. The lowest BCUT2D eigenvalue weighted by Gasteiger charge is -2.39. The first-order chi connectivity index (χ1) is 23.5. The fourth-order valence-corrected chi connectivity index (χ4v) is 5.78. The van der Waals surface area contributed by atoms with Crippen LogP contribution in [0.4, 0.5) is 5.69 Å². The zero-order chi connectivity index (χ0) is 35.0. The number of hydrogen-bond acceptors (Lipinski definition) is 9. The van der Waals surface area contributed by atoms with Crippen molar-refractivity contribution in [1.29, 1.82) is 0 Å². The number of aliphatic hydroxyl groups is 4. The molecule has 0 amide bonds. The van der Waals surface area contributed by atoms with Crippen LogP contribution < -0.4 is 16.4 Å². The van der Waals surface area contributed by atoms with Crippen LogP contribution in [0, 0.1) is 5.41 Å². The van der Waals surface area contributed by atoms with Crippen LogP contribution in [-0.2, 0) is 11.3 Å². The molecule has 258 valence electrons. The molecule has 0 radical (unpaired) electrons. The number of anilines is 1. The molecule has 0 fully saturated rings. The molecule has 8 N–H and O–H groups in total. The lowest BCUT2D eigenvalue weighted by atomic mass is 9.85. The van der Waals surface area contributed by atoms with Crippen LogP contribution in [0.2, 0.25) is 0 Å². The second-order valence-corrected chi connectivity index (χ2v) is 13.3. The molecule has 0 aliphatic rings. The van der Waals surface area contributed by atoms with Crippen LogP contribution in [0.25, 0.3) is 22.3 Å². The van der Waals surface area contributed by atoms with Crippen molar-refractivity contribution in [2.45, 2.75) is 70.9 Å². The summed E-state index contributed by atoms with van der Waals surface area (Å²) in [6.07, 6.45) is 2.75. The molecule has 0 bridgehead atoms. The Hall–Kier alpha value is -4.39. The van der Waals surface area contributed by atoms with E-state index < -0.39 is 42.5 Å². The van der Waals surface area contributed by atoms with Gasteiger partial charge in [-0.25, -0.2) is 0 Å². The average Bonchev–Trinajstić information content (AvgIpc) is 3.59. The maximum absolute atomic E-state index is 11.8. The van der Waals surface area contributed by atoms with Gasteiger partial charge in [-0.3, -0.25) is 10.3 Å². The van der Waals surface area contributed by atoms with Gasteiger partial charge in [-0.2, -0.15) is 0 Å². The minimum Gasteiger partial charge on any atom is -0.376 e. The fraction of sp³-hybridized carbons (Fsp3) is 0.308. The van der Waals surface area contributed by atoms with Crippen molar-refractivity contribution >= 4 is 5.69 Å². The molecule has 6 unspecified atom stereocenters. The second-order valence-electron chi connectivity index (χ2n) is 13.3. The van der Waals surface area contributed by atoms with E-state index in [0.29, 0.717) is 11.3 Å². The highest BCUT2D eigenvalue weighted by Crippen LogP contribution is 2.30. The first-order valence-corrected chi connectivity index (χ1v) is 16.4. The fourth-order valence-electron chi connectivity index (χ4n) is 5.78. The number of nitrogens with two attached hydrogens (primary N) is 1. The third kappa shape index (κ3) is 9.84. The lowest BCUT2D eigenvalue weighted by Crippen LogP contribution is -2.57. The van der Waals surface area contributed by atoms with Gasteiger partial charge in [0.1, 0.15) is 18.7 Å². The Labute approximate surface area is 287 Å². The average molecular weight is 666 g/mol. The predicted octanol–water partition coefficient (Wildman–Crippen LogP) is 5.39. The zero-order valence-electron chi connectivity index (χ0n) is 28.1. The minimum atomic E-state index is -1.18. The molecule has 2 aromatic heterocycles. The van der Waals surface area contributed by atoms with Crippen molar-refractivity contribution in [1.82, 2.24) is 14.9 Å². The van der Waals surface area contributed by atoms with Crippen LogP contribution in [-0.4, -0.2) is 54.8 Å². The summed E-state index contributed by atoms with van der Waals surface area (Å²) in [4.78, 5) is 4.04. The summed E-state index contributed by atoms with van der Waals surface area (Å²) in [5, 5.41) is 50.1. The van der Waals surface area contributed by atoms with Crippen LogP contribution >= 0.6 is 0 Å². The van der Waals surface area contributed by atoms with Gasteiger partial charge in [-0.1, -0.05) is 99.6 Å². The molecule has 10 heteroatoms. The number of aliphatic hydroxyl groups excluding tert-OH is 4. The van der Waals surface area contributed by atoms with E-state index >= 15 is 0 Å². The third-order valence-electron chi connectivity index (χ3n) is 8.59. The molecule has 0 spiro atoms. The molecule has 2 heterocycles. The number of nitrogens with one attached hydrogen (secondary N) is 2. The van der Waals surface area contributed by atoms with Gasteiger partial charge in [0, 0.05) is 36.9 Å². The summed E-state index contributed by atoms with van der Waals surface area (Å²) in [5.41, 5.74) is 11.3. The summed E-state index contributed by atoms with van der Waals surface area (Å²) < 4.78 is 7.68. The maximum Gasteiger partial charge on any atom is 0.157 e. The number of hydrogen-bond donors (Lipinski definition) is 7. The highest BCUT2D eigenvalue weighted by atomic mass is 16.6. The third-order valence-corrected chi connectivity index (χ3v) is 8.59. The van der Waals surface area contributed by atoms with Gasteiger partial charge in [-0.15, -0.1) is 0 Å². The van der Waals surface area contributed by atoms with Crippen molar-refractivity contribution in [2.24, 2.45) is 11.1 Å². The Morgan fingerprint density at radius 1 is 0.755 bits per heavy atom. The number of ether oxygens (including phenoxy) is 1. The maximum atomic E-state index is 11.8. The van der Waals surface area contributed by atoms with E-state index in [2.05, 4.69) is 15.6 Å². The van der Waals surface area contributed by atoms with Crippen molar-refractivity contribution in [3.05, 3.63) is 133 Å². The molecular weight excluding hydrogens is 618 g/mol. The molecule has 0 aliphatic heterocycles. The van der Waals surface area contributed by atoms with E-state index in [9.17, 15) is 20.4 Å². The van der Waals surface area contributed by atoms with Crippen molar-refractivity contribution in [3.63, 3.8) is 0 Å². The van der Waals surface area contributed by atoms with Crippen molar-refractivity contribution < 1.29 is 25.2 Å². The number of rotatable bonds is 15. The van der Waals surface area contributed by atoms with Crippen LogP contribution in [0.3, 0.4) is 0 Å². The summed E-state index contributed by atoms with van der Waals surface area (Å²) >= 11 is 0. The summed E-state index contributed by atoms with van der Waals surface area (Å²) in [7, 11) is 0. The van der Waals surface area contributed by atoms with Gasteiger partial charge in [0.2, 0.25) is 0 Å². The van der Waals surface area contributed by atoms with E-state index in [1.807, 2.05) is 123 Å². The zero-order valence-corrected chi connectivity index (χ0v) is 28.1. The number of aromatic nitrogens is 2. The molecule has 49 heavy (non-hydrogen) atoms. The monoisotopic (exact) mass is 665 g/mol. The van der Waals surface area contributed by atoms with Crippen molar-refractivity contribution in [3.8, 4) is 22.3 Å². The molecule has 5 aromatic rings. The predicted molar refractivity (Wildman–Crippen MR) is 192 cm³/mol. The lowest BCUT2D eigenvalue weighted by molar-refractivity contribution is -0.128. The first kappa shape index (κ1) is 35.9. The molecule has 10 nitrogen and oxygen atoms in total. The van der Waals surface area contributed by atoms with E-state index in [1.165, 1.54) is 0 Å². The van der Waals surface area contributed by atoms with Gasteiger partial charge in [0.15, 0.2) is 6.29 Å². The highest BCUT2D eigenvalue weighted by molar-refractivity contribution is 5.70. The molecule has 0 saturated heterocycles. The minimum absolute atomic E-state index is 0.0757. The van der Waals surface area contributed by atoms with E-state index in [1.54, 1.807) is 24.5 Å². The second kappa shape index (κ2) is 16.3. The topological polar surface area (TPSA) is 158 Å². The number of benzene rings is 3. The quantitative estimate of drug-likeness (QED) is 0.0729. The van der Waals surface area contributed by atoms with Gasteiger partial charge >= 0.3 is 0 Å². The molecule has 5 rings (SSSR count). The van der Waals surface area contributed by atoms with E-state index in [0.717, 1.165) is 27.8 Å². The Balaban J connectivity index is 1.36. The summed E-state index contributed by atoms with van der Waals surface area (Å²) in [6.45, 7) is 6.16. The van der Waals surface area contributed by atoms with Crippen LogP contribution in [0.15, 0.2) is 122 Å². The molecule has 0 aliphatic carbocycles. The SMILES string of the molecule is CC(C)(C)C(NC(O)C(CC(O)OCc1ccccc1)n1ccc(-c2ccc(-c3ccc(C(N)O)cc3)cc2)c1)C(O)Nc1ccncc1. The van der Waals surface area contributed by atoms with Crippen molar-refractivity contribution in [2.75, 3.05) is 5.32 Å². The highest BCUT2D eigenvalue weighted by Gasteiger charge is 2.36. The van der Waals surface area contributed by atoms with Gasteiger partial charge in [0.05, 0.1) is 18.7 Å². The van der Waals surface area contributed by atoms with E-state index in [-0.39, 0.29) is 13.0 Å². The number of pyridine rings is 1.